The number of rotatable bonds is 9. The number of nitrogens with one attached hydrogen (secondary N) is 2. The summed E-state index contributed by atoms with van der Waals surface area (Å²) in [6, 6.07) is 10.1. The molecule has 5 heteroatoms. The third-order valence-electron chi connectivity index (χ3n) is 4.47. The van der Waals surface area contributed by atoms with Crippen molar-refractivity contribution in [2.24, 2.45) is 0 Å². The molecule has 1 atom stereocenters. The fraction of sp³-hybridized carbons (Fsp3) is 0.429. The fourth-order valence-electron chi connectivity index (χ4n) is 3.14. The SMILES string of the molecule is CCc1c(C(=O)NCCCOC(C)c2ccccc2)[nH]c(C)c1C(C)=O. The predicted molar refractivity (Wildman–Crippen MR) is 103 cm³/mol. The largest absolute Gasteiger partial charge is 0.374 e. The van der Waals surface area contributed by atoms with E-state index in [-0.39, 0.29) is 17.8 Å². The summed E-state index contributed by atoms with van der Waals surface area (Å²) in [7, 11) is 0. The fourth-order valence-corrected chi connectivity index (χ4v) is 3.14. The summed E-state index contributed by atoms with van der Waals surface area (Å²) in [6.07, 6.45) is 1.39. The molecule has 2 N–H and O–H groups in total. The Labute approximate surface area is 155 Å². The van der Waals surface area contributed by atoms with Crippen LogP contribution in [0, 0.1) is 6.92 Å². The number of hydrogen-bond acceptors (Lipinski definition) is 3. The second-order valence-electron chi connectivity index (χ2n) is 6.42. The molecule has 0 bridgehead atoms. The Morgan fingerprint density at radius 1 is 1.23 bits per heavy atom. The number of benzene rings is 1. The molecule has 0 saturated heterocycles. The van der Waals surface area contributed by atoms with E-state index in [0.717, 1.165) is 23.2 Å². The lowest BCUT2D eigenvalue weighted by Crippen LogP contribution is -2.26. The lowest BCUT2D eigenvalue weighted by atomic mass is 10.0. The number of ether oxygens (including phenoxy) is 1. The van der Waals surface area contributed by atoms with Crippen molar-refractivity contribution in [3.05, 3.63) is 58.4 Å². The van der Waals surface area contributed by atoms with Gasteiger partial charge in [0, 0.05) is 24.4 Å². The van der Waals surface area contributed by atoms with E-state index in [1.54, 1.807) is 0 Å². The third-order valence-corrected chi connectivity index (χ3v) is 4.47. The Bertz CT molecular complexity index is 750. The van der Waals surface area contributed by atoms with Gasteiger partial charge in [0.25, 0.3) is 5.91 Å². The van der Waals surface area contributed by atoms with E-state index in [2.05, 4.69) is 10.3 Å². The van der Waals surface area contributed by atoms with Gasteiger partial charge in [-0.25, -0.2) is 0 Å². The van der Waals surface area contributed by atoms with E-state index in [1.807, 2.05) is 51.1 Å². The van der Waals surface area contributed by atoms with Crippen molar-refractivity contribution >= 4 is 11.7 Å². The van der Waals surface area contributed by atoms with Gasteiger partial charge >= 0.3 is 0 Å². The lowest BCUT2D eigenvalue weighted by Gasteiger charge is -2.13. The van der Waals surface area contributed by atoms with Gasteiger partial charge in [-0.15, -0.1) is 0 Å². The number of carbonyl (C=O) groups is 2. The molecule has 140 valence electrons. The minimum absolute atomic E-state index is 0.0158. The second kappa shape index (κ2) is 9.34. The molecule has 2 rings (SSSR count). The van der Waals surface area contributed by atoms with Crippen LogP contribution in [-0.4, -0.2) is 29.8 Å². The van der Waals surface area contributed by atoms with Gasteiger partial charge < -0.3 is 15.0 Å². The van der Waals surface area contributed by atoms with Crippen molar-refractivity contribution in [1.29, 1.82) is 0 Å². The van der Waals surface area contributed by atoms with Crippen LogP contribution in [0.1, 0.15) is 71.0 Å². The molecule has 1 heterocycles. The zero-order chi connectivity index (χ0) is 19.1. The quantitative estimate of drug-likeness (QED) is 0.527. The number of aromatic amines is 1. The second-order valence-corrected chi connectivity index (χ2v) is 6.42. The van der Waals surface area contributed by atoms with Crippen molar-refractivity contribution < 1.29 is 14.3 Å². The van der Waals surface area contributed by atoms with E-state index < -0.39 is 0 Å². The summed E-state index contributed by atoms with van der Waals surface area (Å²) in [5, 5.41) is 2.91. The number of ketones is 1. The van der Waals surface area contributed by atoms with E-state index in [4.69, 9.17) is 4.74 Å². The first-order valence-corrected chi connectivity index (χ1v) is 9.12. The highest BCUT2D eigenvalue weighted by Gasteiger charge is 2.21. The molecule has 1 aromatic carbocycles. The van der Waals surface area contributed by atoms with Gasteiger partial charge in [0.2, 0.25) is 0 Å². The van der Waals surface area contributed by atoms with Crippen LogP contribution in [0.25, 0.3) is 0 Å². The molecule has 0 fully saturated rings. The molecule has 1 aromatic heterocycles. The van der Waals surface area contributed by atoms with Crippen LogP contribution >= 0.6 is 0 Å². The highest BCUT2D eigenvalue weighted by atomic mass is 16.5. The monoisotopic (exact) mass is 356 g/mol. The molecular weight excluding hydrogens is 328 g/mol. The van der Waals surface area contributed by atoms with Gasteiger partial charge in [0.1, 0.15) is 5.69 Å². The normalized spacial score (nSPS) is 12.0. The number of amides is 1. The molecule has 1 unspecified atom stereocenters. The number of H-pyrrole nitrogens is 1. The highest BCUT2D eigenvalue weighted by Crippen LogP contribution is 2.20. The maximum atomic E-state index is 12.4. The minimum atomic E-state index is -0.173. The maximum absolute atomic E-state index is 12.4. The lowest BCUT2D eigenvalue weighted by molar-refractivity contribution is 0.0634. The van der Waals surface area contributed by atoms with Crippen molar-refractivity contribution in [2.75, 3.05) is 13.2 Å². The van der Waals surface area contributed by atoms with Crippen molar-refractivity contribution in [3.8, 4) is 0 Å². The molecular formula is C21H28N2O3. The summed E-state index contributed by atoms with van der Waals surface area (Å²) in [6.45, 7) is 8.42. The number of carbonyl (C=O) groups excluding carboxylic acids is 2. The Hall–Kier alpha value is -2.40. The number of aromatic nitrogens is 1. The van der Waals surface area contributed by atoms with Gasteiger partial charge in [0.05, 0.1) is 6.10 Å². The molecule has 0 aliphatic rings. The van der Waals surface area contributed by atoms with Crippen LogP contribution in [0.2, 0.25) is 0 Å². The molecule has 5 nitrogen and oxygen atoms in total. The first-order valence-electron chi connectivity index (χ1n) is 9.12. The van der Waals surface area contributed by atoms with Gasteiger partial charge in [0.15, 0.2) is 5.78 Å². The summed E-state index contributed by atoms with van der Waals surface area (Å²) in [5.74, 6) is -0.188. The van der Waals surface area contributed by atoms with Crippen LogP contribution in [0.4, 0.5) is 0 Å². The standard InChI is InChI=1S/C21H28N2O3/c1-5-18-19(15(3)24)14(2)23-20(18)21(25)22-12-9-13-26-16(4)17-10-7-6-8-11-17/h6-8,10-11,16,23H,5,9,12-13H2,1-4H3,(H,22,25). The first kappa shape index (κ1) is 19.9. The first-order chi connectivity index (χ1) is 12.5. The van der Waals surface area contributed by atoms with Gasteiger partial charge in [-0.1, -0.05) is 37.3 Å². The summed E-state index contributed by atoms with van der Waals surface area (Å²) >= 11 is 0. The van der Waals surface area contributed by atoms with Gasteiger partial charge in [-0.2, -0.15) is 0 Å². The van der Waals surface area contributed by atoms with Crippen LogP contribution in [0.3, 0.4) is 0 Å². The molecule has 0 spiro atoms. The summed E-state index contributed by atoms with van der Waals surface area (Å²) in [4.78, 5) is 27.3. The maximum Gasteiger partial charge on any atom is 0.268 e. The van der Waals surface area contributed by atoms with Crippen molar-refractivity contribution in [2.45, 2.75) is 46.6 Å². The van der Waals surface area contributed by atoms with Crippen molar-refractivity contribution in [3.63, 3.8) is 0 Å². The number of Topliss-reactive ketones (excluding diaryl/α,β-unsaturated/α-hetero) is 1. The molecule has 0 aliphatic heterocycles. The van der Waals surface area contributed by atoms with Crippen LogP contribution < -0.4 is 5.32 Å². The number of aryl methyl sites for hydroxylation is 1. The molecule has 1 amide bonds. The smallest absolute Gasteiger partial charge is 0.268 e. The zero-order valence-electron chi connectivity index (χ0n) is 16.0. The molecule has 2 aromatic rings. The molecule has 26 heavy (non-hydrogen) atoms. The predicted octanol–water partition coefficient (Wildman–Crippen LogP) is 3.99. The van der Waals surface area contributed by atoms with E-state index in [0.29, 0.717) is 30.8 Å². The van der Waals surface area contributed by atoms with Crippen LogP contribution in [0.5, 0.6) is 0 Å². The topological polar surface area (TPSA) is 71.2 Å². The van der Waals surface area contributed by atoms with Crippen LogP contribution in [-0.2, 0) is 11.2 Å². The Kier molecular flexibility index (Phi) is 7.16. The van der Waals surface area contributed by atoms with Crippen molar-refractivity contribution in [1.82, 2.24) is 10.3 Å². The average Bonchev–Trinajstić information content (AvgIpc) is 2.98. The van der Waals surface area contributed by atoms with Gasteiger partial charge in [-0.05, 0) is 44.7 Å². The molecule has 0 aliphatic carbocycles. The Morgan fingerprint density at radius 2 is 1.92 bits per heavy atom. The minimum Gasteiger partial charge on any atom is -0.374 e. The molecule has 0 saturated carbocycles. The summed E-state index contributed by atoms with van der Waals surface area (Å²) < 4.78 is 5.81. The van der Waals surface area contributed by atoms with Crippen LogP contribution in [0.15, 0.2) is 30.3 Å². The molecule has 0 radical (unpaired) electrons. The number of hydrogen-bond donors (Lipinski definition) is 2. The summed E-state index contributed by atoms with van der Waals surface area (Å²) in [5.41, 5.74) is 3.81. The van der Waals surface area contributed by atoms with E-state index >= 15 is 0 Å². The zero-order valence-corrected chi connectivity index (χ0v) is 16.0. The van der Waals surface area contributed by atoms with Gasteiger partial charge in [-0.3, -0.25) is 9.59 Å². The Balaban J connectivity index is 1.82. The van der Waals surface area contributed by atoms with E-state index in [9.17, 15) is 9.59 Å². The average molecular weight is 356 g/mol. The Morgan fingerprint density at radius 3 is 2.54 bits per heavy atom. The third kappa shape index (κ3) is 4.82. The van der Waals surface area contributed by atoms with E-state index in [1.165, 1.54) is 6.92 Å². The highest BCUT2D eigenvalue weighted by molar-refractivity contribution is 6.02.